The van der Waals surface area contributed by atoms with Gasteiger partial charge in [0.1, 0.15) is 5.01 Å². The summed E-state index contributed by atoms with van der Waals surface area (Å²) in [6.07, 6.45) is 3.58. The molecule has 1 aromatic carbocycles. The fourth-order valence-electron chi connectivity index (χ4n) is 2.10. The molecule has 0 radical (unpaired) electrons. The lowest BCUT2D eigenvalue weighted by Gasteiger charge is -1.98. The van der Waals surface area contributed by atoms with Gasteiger partial charge in [0, 0.05) is 34.5 Å². The maximum atomic E-state index is 4.67. The number of rotatable bonds is 3. The number of aromatic nitrogens is 6. The number of H-pyrrole nitrogens is 1. The number of thiazole rings is 1. The molecule has 0 spiro atoms. The topological polar surface area (TPSA) is 80.2 Å². The first-order chi connectivity index (χ1) is 10.9. The lowest BCUT2D eigenvalue weighted by molar-refractivity contribution is 0.881. The Balaban J connectivity index is 1.64. The van der Waals surface area contributed by atoms with Crippen LogP contribution in [-0.4, -0.2) is 30.6 Å². The molecule has 0 bridgehead atoms. The molecular formula is C15H10N6S. The van der Waals surface area contributed by atoms with Crippen molar-refractivity contribution in [3.63, 3.8) is 0 Å². The molecule has 6 nitrogen and oxygen atoms in total. The van der Waals surface area contributed by atoms with E-state index in [4.69, 9.17) is 0 Å². The van der Waals surface area contributed by atoms with Gasteiger partial charge in [-0.1, -0.05) is 24.3 Å². The van der Waals surface area contributed by atoms with E-state index in [1.165, 1.54) is 0 Å². The Kier molecular flexibility index (Phi) is 3.17. The van der Waals surface area contributed by atoms with Crippen molar-refractivity contribution in [3.8, 4) is 33.2 Å². The standard InChI is InChI=1S/C15H10N6S/c1-2-12(8-16-7-1)15-17-13(9-22-15)10-3-5-11(6-4-10)14-18-20-21-19-14/h1-9H,(H,18,19,20,21). The average Bonchev–Trinajstić information content (AvgIpc) is 3.28. The van der Waals surface area contributed by atoms with Gasteiger partial charge in [-0.2, -0.15) is 5.21 Å². The first-order valence-electron chi connectivity index (χ1n) is 6.60. The molecule has 0 saturated carbocycles. The first kappa shape index (κ1) is 12.8. The Morgan fingerprint density at radius 3 is 2.55 bits per heavy atom. The third-order valence-corrected chi connectivity index (χ3v) is 4.09. The summed E-state index contributed by atoms with van der Waals surface area (Å²) in [5, 5.41) is 17.0. The fraction of sp³-hybridized carbons (Fsp3) is 0. The van der Waals surface area contributed by atoms with Crippen LogP contribution in [0.5, 0.6) is 0 Å². The van der Waals surface area contributed by atoms with E-state index in [-0.39, 0.29) is 0 Å². The van der Waals surface area contributed by atoms with Gasteiger partial charge in [-0.05, 0) is 17.3 Å². The summed E-state index contributed by atoms with van der Waals surface area (Å²) < 4.78 is 0. The molecule has 22 heavy (non-hydrogen) atoms. The molecule has 3 heterocycles. The second-order valence-electron chi connectivity index (χ2n) is 4.59. The molecule has 0 saturated heterocycles. The largest absolute Gasteiger partial charge is 0.264 e. The Morgan fingerprint density at radius 1 is 0.955 bits per heavy atom. The molecule has 0 atom stereocenters. The van der Waals surface area contributed by atoms with Crippen molar-refractivity contribution in [1.82, 2.24) is 30.6 Å². The van der Waals surface area contributed by atoms with Gasteiger partial charge in [-0.25, -0.2) is 4.98 Å². The van der Waals surface area contributed by atoms with E-state index in [9.17, 15) is 0 Å². The van der Waals surface area contributed by atoms with E-state index in [1.54, 1.807) is 17.5 Å². The van der Waals surface area contributed by atoms with Crippen LogP contribution >= 0.6 is 11.3 Å². The van der Waals surface area contributed by atoms with Crippen LogP contribution in [0.4, 0.5) is 0 Å². The molecule has 1 N–H and O–H groups in total. The van der Waals surface area contributed by atoms with E-state index in [2.05, 4.69) is 30.6 Å². The molecule has 0 unspecified atom stereocenters. The maximum Gasteiger partial charge on any atom is 0.204 e. The highest BCUT2D eigenvalue weighted by molar-refractivity contribution is 7.13. The average molecular weight is 306 g/mol. The fourth-order valence-corrected chi connectivity index (χ4v) is 2.92. The number of pyridine rings is 1. The minimum atomic E-state index is 0.584. The van der Waals surface area contributed by atoms with Crippen molar-refractivity contribution in [2.24, 2.45) is 0 Å². The van der Waals surface area contributed by atoms with E-state index < -0.39 is 0 Å². The van der Waals surface area contributed by atoms with E-state index in [0.717, 1.165) is 27.4 Å². The normalized spacial score (nSPS) is 10.7. The monoisotopic (exact) mass is 306 g/mol. The van der Waals surface area contributed by atoms with Crippen LogP contribution in [0, 0.1) is 0 Å². The summed E-state index contributed by atoms with van der Waals surface area (Å²) in [5.41, 5.74) is 3.95. The van der Waals surface area contributed by atoms with E-state index in [0.29, 0.717) is 5.82 Å². The number of aromatic amines is 1. The summed E-state index contributed by atoms with van der Waals surface area (Å²) in [4.78, 5) is 8.80. The number of tetrazole rings is 1. The lowest BCUT2D eigenvalue weighted by Crippen LogP contribution is -1.83. The van der Waals surface area contributed by atoms with Gasteiger partial charge in [0.05, 0.1) is 5.69 Å². The highest BCUT2D eigenvalue weighted by Gasteiger charge is 2.08. The molecule has 4 rings (SSSR count). The second-order valence-corrected chi connectivity index (χ2v) is 5.45. The summed E-state index contributed by atoms with van der Waals surface area (Å²) >= 11 is 1.61. The summed E-state index contributed by atoms with van der Waals surface area (Å²) in [6, 6.07) is 11.9. The molecule has 7 heteroatoms. The maximum absolute atomic E-state index is 4.67. The number of benzene rings is 1. The lowest BCUT2D eigenvalue weighted by atomic mass is 10.1. The quantitative estimate of drug-likeness (QED) is 0.629. The molecular weight excluding hydrogens is 296 g/mol. The van der Waals surface area contributed by atoms with Crippen LogP contribution in [0.2, 0.25) is 0 Å². The predicted octanol–water partition coefficient (Wildman–Crippen LogP) is 3.05. The van der Waals surface area contributed by atoms with E-state index >= 15 is 0 Å². The first-order valence-corrected chi connectivity index (χ1v) is 7.48. The van der Waals surface area contributed by atoms with Crippen LogP contribution in [0.25, 0.3) is 33.2 Å². The summed E-state index contributed by atoms with van der Waals surface area (Å²) in [6.45, 7) is 0. The second kappa shape index (κ2) is 5.45. The van der Waals surface area contributed by atoms with Gasteiger partial charge in [0.25, 0.3) is 0 Å². The molecule has 0 amide bonds. The van der Waals surface area contributed by atoms with Crippen LogP contribution < -0.4 is 0 Å². The zero-order valence-electron chi connectivity index (χ0n) is 11.3. The van der Waals surface area contributed by atoms with Gasteiger partial charge < -0.3 is 0 Å². The van der Waals surface area contributed by atoms with Crippen molar-refractivity contribution in [2.75, 3.05) is 0 Å². The molecule has 0 fully saturated rings. The van der Waals surface area contributed by atoms with Crippen LogP contribution in [0.15, 0.2) is 54.2 Å². The summed E-state index contributed by atoms with van der Waals surface area (Å²) in [5.74, 6) is 0.584. The molecule has 0 aliphatic rings. The van der Waals surface area contributed by atoms with Gasteiger partial charge in [-0.15, -0.1) is 21.5 Å². The van der Waals surface area contributed by atoms with Crippen molar-refractivity contribution in [2.45, 2.75) is 0 Å². The number of nitrogens with one attached hydrogen (secondary N) is 1. The zero-order chi connectivity index (χ0) is 14.8. The van der Waals surface area contributed by atoms with Crippen LogP contribution in [-0.2, 0) is 0 Å². The molecule has 0 aliphatic heterocycles. The van der Waals surface area contributed by atoms with Crippen molar-refractivity contribution >= 4 is 11.3 Å². The molecule has 3 aromatic heterocycles. The van der Waals surface area contributed by atoms with Crippen molar-refractivity contribution < 1.29 is 0 Å². The zero-order valence-corrected chi connectivity index (χ0v) is 12.2. The minimum Gasteiger partial charge on any atom is -0.264 e. The Hall–Kier alpha value is -2.93. The van der Waals surface area contributed by atoms with Crippen molar-refractivity contribution in [3.05, 3.63) is 54.2 Å². The van der Waals surface area contributed by atoms with E-state index in [1.807, 2.05) is 48.0 Å². The van der Waals surface area contributed by atoms with Crippen LogP contribution in [0.1, 0.15) is 0 Å². The Bertz CT molecular complexity index is 868. The number of hydrogen-bond acceptors (Lipinski definition) is 6. The molecule has 4 aromatic rings. The molecule has 0 aliphatic carbocycles. The minimum absolute atomic E-state index is 0.584. The van der Waals surface area contributed by atoms with Gasteiger partial charge >= 0.3 is 0 Å². The van der Waals surface area contributed by atoms with Gasteiger partial charge in [0.15, 0.2) is 0 Å². The highest BCUT2D eigenvalue weighted by Crippen LogP contribution is 2.29. The third-order valence-electron chi connectivity index (χ3n) is 3.20. The SMILES string of the molecule is c1cncc(-c2nc(-c3ccc(-c4nn[nH]n4)cc3)cs2)c1. The molecule has 106 valence electrons. The Labute approximate surface area is 129 Å². The van der Waals surface area contributed by atoms with Crippen molar-refractivity contribution in [1.29, 1.82) is 0 Å². The van der Waals surface area contributed by atoms with Gasteiger partial charge in [0.2, 0.25) is 5.82 Å². The van der Waals surface area contributed by atoms with Gasteiger partial charge in [-0.3, -0.25) is 4.98 Å². The summed E-state index contributed by atoms with van der Waals surface area (Å²) in [7, 11) is 0. The highest BCUT2D eigenvalue weighted by atomic mass is 32.1. The smallest absolute Gasteiger partial charge is 0.204 e. The van der Waals surface area contributed by atoms with Crippen LogP contribution in [0.3, 0.4) is 0 Å². The third kappa shape index (κ3) is 2.38. The number of hydrogen-bond donors (Lipinski definition) is 1. The predicted molar refractivity (Wildman–Crippen MR) is 84.0 cm³/mol. The number of nitrogens with zero attached hydrogens (tertiary/aromatic N) is 5. The Morgan fingerprint density at radius 2 is 1.82 bits per heavy atom.